The zero-order valence-electron chi connectivity index (χ0n) is 17.4. The van der Waals surface area contributed by atoms with Crippen LogP contribution < -0.4 is 5.32 Å². The molecule has 2 heterocycles. The Bertz CT molecular complexity index is 1170. The van der Waals surface area contributed by atoms with Gasteiger partial charge in [-0.15, -0.1) is 11.3 Å². The van der Waals surface area contributed by atoms with Crippen molar-refractivity contribution in [2.75, 3.05) is 5.32 Å². The summed E-state index contributed by atoms with van der Waals surface area (Å²) >= 11 is 1.39. The maximum absolute atomic E-state index is 12.9. The fourth-order valence-electron chi connectivity index (χ4n) is 3.20. The van der Waals surface area contributed by atoms with Crippen molar-refractivity contribution < 1.29 is 9.32 Å². The van der Waals surface area contributed by atoms with Crippen molar-refractivity contribution in [3.63, 3.8) is 0 Å². The Labute approximate surface area is 179 Å². The number of carbonyl (C=O) groups is 1. The quantitative estimate of drug-likeness (QED) is 0.422. The van der Waals surface area contributed by atoms with E-state index in [9.17, 15) is 4.79 Å². The average molecular weight is 418 g/mol. The molecule has 0 aliphatic rings. The summed E-state index contributed by atoms with van der Waals surface area (Å²) in [6.07, 6.45) is 0. The summed E-state index contributed by atoms with van der Waals surface area (Å²) in [5.41, 5.74) is 5.01. The topological polar surface area (TPSA) is 68.0 Å². The molecule has 0 aliphatic carbocycles. The highest BCUT2D eigenvalue weighted by Gasteiger charge is 2.22. The molecule has 0 spiro atoms. The second-order valence-corrected chi connectivity index (χ2v) is 9.01. The second kappa shape index (κ2) is 7.88. The Morgan fingerprint density at radius 1 is 1.00 bits per heavy atom. The molecule has 0 saturated heterocycles. The smallest absolute Gasteiger partial charge is 0.263 e. The number of thiazole rings is 1. The van der Waals surface area contributed by atoms with Crippen LogP contribution in [0.4, 0.5) is 5.13 Å². The summed E-state index contributed by atoms with van der Waals surface area (Å²) in [7, 11) is 0. The summed E-state index contributed by atoms with van der Waals surface area (Å²) < 4.78 is 5.29. The lowest BCUT2D eigenvalue weighted by Gasteiger charge is -2.18. The summed E-state index contributed by atoms with van der Waals surface area (Å²) in [5.74, 6) is 0.192. The first-order chi connectivity index (χ1) is 14.3. The normalized spacial score (nSPS) is 11.5. The second-order valence-electron chi connectivity index (χ2n) is 8.15. The average Bonchev–Trinajstić information content (AvgIpc) is 3.35. The Hall–Kier alpha value is -3.25. The Kier molecular flexibility index (Phi) is 5.26. The third-order valence-corrected chi connectivity index (χ3v) is 5.67. The summed E-state index contributed by atoms with van der Waals surface area (Å²) in [4.78, 5) is 17.5. The van der Waals surface area contributed by atoms with E-state index < -0.39 is 0 Å². The molecule has 2 aromatic heterocycles. The van der Waals surface area contributed by atoms with Crippen LogP contribution in [0.25, 0.3) is 22.5 Å². The van der Waals surface area contributed by atoms with Gasteiger partial charge in [-0.3, -0.25) is 10.1 Å². The summed E-state index contributed by atoms with van der Waals surface area (Å²) in [6, 6.07) is 17.9. The maximum atomic E-state index is 12.9. The molecule has 1 N–H and O–H groups in total. The molecule has 4 aromatic rings. The molecule has 152 valence electrons. The van der Waals surface area contributed by atoms with Gasteiger partial charge in [-0.25, -0.2) is 4.98 Å². The number of aryl methyl sites for hydroxylation is 1. The molecule has 1 amide bonds. The summed E-state index contributed by atoms with van der Waals surface area (Å²) in [6.45, 7) is 8.30. The fraction of sp³-hybridized carbons (Fsp3) is 0.208. The number of hydrogen-bond acceptors (Lipinski definition) is 5. The number of nitrogens with zero attached hydrogens (tertiary/aromatic N) is 2. The monoisotopic (exact) mass is 417 g/mol. The zero-order valence-corrected chi connectivity index (χ0v) is 18.2. The van der Waals surface area contributed by atoms with Gasteiger partial charge in [0.1, 0.15) is 17.0 Å². The lowest BCUT2D eigenvalue weighted by molar-refractivity contribution is 0.102. The van der Waals surface area contributed by atoms with Gasteiger partial charge in [0.2, 0.25) is 0 Å². The molecule has 0 saturated carbocycles. The first kappa shape index (κ1) is 20.0. The van der Waals surface area contributed by atoms with Gasteiger partial charge in [-0.2, -0.15) is 0 Å². The van der Waals surface area contributed by atoms with Crippen LogP contribution in [0.3, 0.4) is 0 Å². The molecule has 0 radical (unpaired) electrons. The summed E-state index contributed by atoms with van der Waals surface area (Å²) in [5, 5.41) is 9.45. The molecule has 4 rings (SSSR count). The number of rotatable bonds is 4. The molecule has 5 nitrogen and oxygen atoms in total. The molecule has 6 heteroatoms. The standard InChI is InChI=1S/C24H23N3O2S/c1-15-20(21(27-29-15)17-8-6-5-7-9-17)22(28)26-23-25-19(14-30-23)16-10-12-18(13-11-16)24(2,3)4/h5-14H,1-4H3,(H,25,26,28). The van der Waals surface area contributed by atoms with Crippen molar-refractivity contribution in [3.8, 4) is 22.5 Å². The number of benzene rings is 2. The number of hydrogen-bond donors (Lipinski definition) is 1. The number of nitrogens with one attached hydrogen (secondary N) is 1. The van der Waals surface area contributed by atoms with Crippen molar-refractivity contribution >= 4 is 22.4 Å². The van der Waals surface area contributed by atoms with Crippen LogP contribution in [0.15, 0.2) is 64.5 Å². The Morgan fingerprint density at radius 2 is 1.70 bits per heavy atom. The van der Waals surface area contributed by atoms with Crippen LogP contribution in [0.2, 0.25) is 0 Å². The van der Waals surface area contributed by atoms with E-state index >= 15 is 0 Å². The molecule has 30 heavy (non-hydrogen) atoms. The fourth-order valence-corrected chi connectivity index (χ4v) is 3.91. The number of aromatic nitrogens is 2. The molecule has 0 bridgehead atoms. The van der Waals surface area contributed by atoms with Gasteiger partial charge in [0.05, 0.1) is 5.69 Å². The Morgan fingerprint density at radius 3 is 2.37 bits per heavy atom. The lowest BCUT2D eigenvalue weighted by atomic mass is 9.86. The minimum Gasteiger partial charge on any atom is -0.360 e. The van der Waals surface area contributed by atoms with Crippen molar-refractivity contribution in [2.24, 2.45) is 0 Å². The minimum absolute atomic E-state index is 0.104. The largest absolute Gasteiger partial charge is 0.360 e. The first-order valence-electron chi connectivity index (χ1n) is 9.72. The van der Waals surface area contributed by atoms with Gasteiger partial charge in [0, 0.05) is 16.5 Å². The van der Waals surface area contributed by atoms with Crippen LogP contribution in [-0.4, -0.2) is 16.0 Å². The number of amides is 1. The Balaban J connectivity index is 1.55. The minimum atomic E-state index is -0.281. The third kappa shape index (κ3) is 4.04. The molecule has 0 atom stereocenters. The van der Waals surface area contributed by atoms with Gasteiger partial charge in [0.25, 0.3) is 5.91 Å². The van der Waals surface area contributed by atoms with Crippen molar-refractivity contribution in [2.45, 2.75) is 33.1 Å². The van der Waals surface area contributed by atoms with Gasteiger partial charge in [-0.05, 0) is 17.9 Å². The number of carbonyl (C=O) groups excluding carboxylic acids is 1. The van der Waals surface area contributed by atoms with E-state index in [1.807, 2.05) is 35.7 Å². The van der Waals surface area contributed by atoms with Crippen LogP contribution in [-0.2, 0) is 5.41 Å². The van der Waals surface area contributed by atoms with Crippen LogP contribution in [0.5, 0.6) is 0 Å². The molecule has 0 unspecified atom stereocenters. The van der Waals surface area contributed by atoms with Crippen LogP contribution >= 0.6 is 11.3 Å². The van der Waals surface area contributed by atoms with E-state index in [0.29, 0.717) is 22.1 Å². The number of anilines is 1. The molecule has 0 fully saturated rings. The van der Waals surface area contributed by atoms with Crippen molar-refractivity contribution in [3.05, 3.63) is 76.9 Å². The van der Waals surface area contributed by atoms with Crippen LogP contribution in [0.1, 0.15) is 42.5 Å². The van der Waals surface area contributed by atoms with E-state index in [-0.39, 0.29) is 11.3 Å². The van der Waals surface area contributed by atoms with E-state index in [1.165, 1.54) is 16.9 Å². The van der Waals surface area contributed by atoms with E-state index in [0.717, 1.165) is 16.8 Å². The molecular weight excluding hydrogens is 394 g/mol. The maximum Gasteiger partial charge on any atom is 0.263 e. The predicted octanol–water partition coefficient (Wildman–Crippen LogP) is 6.32. The molecule has 2 aromatic carbocycles. The van der Waals surface area contributed by atoms with Crippen molar-refractivity contribution in [1.29, 1.82) is 0 Å². The van der Waals surface area contributed by atoms with Crippen molar-refractivity contribution in [1.82, 2.24) is 10.1 Å². The molecular formula is C24H23N3O2S. The highest BCUT2D eigenvalue weighted by Crippen LogP contribution is 2.30. The first-order valence-corrected chi connectivity index (χ1v) is 10.6. The zero-order chi connectivity index (χ0) is 21.3. The lowest BCUT2D eigenvalue weighted by Crippen LogP contribution is -2.13. The van der Waals surface area contributed by atoms with E-state index in [2.05, 4.69) is 60.5 Å². The van der Waals surface area contributed by atoms with Gasteiger partial charge in [-0.1, -0.05) is 80.5 Å². The highest BCUT2D eigenvalue weighted by atomic mass is 32.1. The van der Waals surface area contributed by atoms with Gasteiger partial charge in [0.15, 0.2) is 5.13 Å². The van der Waals surface area contributed by atoms with E-state index in [1.54, 1.807) is 6.92 Å². The van der Waals surface area contributed by atoms with Gasteiger partial charge < -0.3 is 4.52 Å². The predicted molar refractivity (Wildman–Crippen MR) is 121 cm³/mol. The van der Waals surface area contributed by atoms with Gasteiger partial charge >= 0.3 is 0 Å². The van der Waals surface area contributed by atoms with E-state index in [4.69, 9.17) is 4.52 Å². The highest BCUT2D eigenvalue weighted by molar-refractivity contribution is 7.14. The third-order valence-electron chi connectivity index (χ3n) is 4.91. The van der Waals surface area contributed by atoms with Crippen LogP contribution in [0, 0.1) is 6.92 Å². The molecule has 0 aliphatic heterocycles. The SMILES string of the molecule is Cc1onc(-c2ccccc2)c1C(=O)Nc1nc(-c2ccc(C(C)(C)C)cc2)cs1.